The molecule has 4 heterocycles. The molecule has 13 heteroatoms. The number of amides is 1. The van der Waals surface area contributed by atoms with Gasteiger partial charge in [0.25, 0.3) is 0 Å². The number of likely N-dealkylation sites (tertiary alicyclic amines) is 1. The van der Waals surface area contributed by atoms with Crippen molar-refractivity contribution in [3.63, 3.8) is 0 Å². The Morgan fingerprint density at radius 2 is 2.00 bits per heavy atom. The first-order valence-corrected chi connectivity index (χ1v) is 14.2. The third kappa shape index (κ3) is 6.73. The van der Waals surface area contributed by atoms with Crippen molar-refractivity contribution >= 4 is 38.4 Å². The lowest BCUT2D eigenvalue weighted by atomic mass is 10.00. The van der Waals surface area contributed by atoms with Gasteiger partial charge in [-0.2, -0.15) is 13.2 Å². The minimum absolute atomic E-state index is 0.0975. The highest BCUT2D eigenvalue weighted by Gasteiger charge is 2.33. The number of piperidine rings is 1. The van der Waals surface area contributed by atoms with Crippen LogP contribution >= 0.6 is 11.3 Å². The maximum absolute atomic E-state index is 13.6. The van der Waals surface area contributed by atoms with E-state index >= 15 is 0 Å². The summed E-state index contributed by atoms with van der Waals surface area (Å²) in [5.41, 5.74) is 0.315. The number of benzene rings is 1. The Bertz CT molecular complexity index is 1540. The number of nitrogens with one attached hydrogen (secondary N) is 2. The van der Waals surface area contributed by atoms with Crippen molar-refractivity contribution in [1.29, 1.82) is 0 Å². The van der Waals surface area contributed by atoms with Crippen molar-refractivity contribution in [1.82, 2.24) is 24.8 Å². The van der Waals surface area contributed by atoms with Crippen molar-refractivity contribution in [3.05, 3.63) is 48.4 Å². The lowest BCUT2D eigenvalue weighted by Gasteiger charge is -2.38. The average molecular weight is 586 g/mol. The van der Waals surface area contributed by atoms with Gasteiger partial charge in [-0.1, -0.05) is 23.8 Å². The number of carbonyl (C=O) groups is 1. The number of nitrogens with zero attached hydrogens (tertiary/aromatic N) is 5. The number of hydrogen-bond acceptors (Lipinski definition) is 9. The molecule has 1 aliphatic rings. The Morgan fingerprint density at radius 3 is 2.76 bits per heavy atom. The van der Waals surface area contributed by atoms with E-state index in [4.69, 9.17) is 4.74 Å². The largest absolute Gasteiger partial charge is 0.437 e. The van der Waals surface area contributed by atoms with Crippen LogP contribution in [0, 0.1) is 0 Å². The predicted molar refractivity (Wildman–Crippen MR) is 152 cm³/mol. The molecule has 0 radical (unpaired) electrons. The van der Waals surface area contributed by atoms with Crippen molar-refractivity contribution in [2.24, 2.45) is 0 Å². The predicted octanol–water partition coefficient (Wildman–Crippen LogP) is 6.59. The average Bonchev–Trinajstić information content (AvgIpc) is 3.34. The Hall–Kier alpha value is -3.84. The molecular weight excluding hydrogens is 555 g/mol. The van der Waals surface area contributed by atoms with E-state index in [1.807, 2.05) is 6.07 Å². The minimum Gasteiger partial charge on any atom is -0.437 e. The molecular formula is C28H30F3N7O2S. The van der Waals surface area contributed by atoms with Gasteiger partial charge in [0.15, 0.2) is 10.9 Å². The summed E-state index contributed by atoms with van der Waals surface area (Å²) < 4.78 is 47.6. The van der Waals surface area contributed by atoms with Crippen LogP contribution in [-0.2, 0) is 11.0 Å². The lowest BCUT2D eigenvalue weighted by molar-refractivity contribution is -0.141. The van der Waals surface area contributed by atoms with E-state index in [0.717, 1.165) is 36.6 Å². The summed E-state index contributed by atoms with van der Waals surface area (Å²) in [5, 5.41) is 6.30. The van der Waals surface area contributed by atoms with Crippen molar-refractivity contribution < 1.29 is 22.7 Å². The SMILES string of the molecule is CC(=O)Nc1nc2c(Oc3cc(-c4ccc(C(F)(F)F)nc4NC[C@H]4CCCCN4C(C)C)ncn3)cccc2s1. The molecule has 1 fully saturated rings. The Kier molecular flexibility index (Phi) is 8.36. The van der Waals surface area contributed by atoms with E-state index in [0.29, 0.717) is 40.2 Å². The third-order valence-electron chi connectivity index (χ3n) is 6.82. The Balaban J connectivity index is 1.44. The fourth-order valence-corrected chi connectivity index (χ4v) is 5.89. The van der Waals surface area contributed by atoms with Gasteiger partial charge in [0.2, 0.25) is 11.8 Å². The summed E-state index contributed by atoms with van der Waals surface area (Å²) in [6.45, 7) is 7.07. The molecule has 3 aromatic heterocycles. The first-order valence-electron chi connectivity index (χ1n) is 13.3. The van der Waals surface area contributed by atoms with Gasteiger partial charge in [0, 0.05) is 37.2 Å². The quantitative estimate of drug-likeness (QED) is 0.239. The molecule has 9 nitrogen and oxygen atoms in total. The number of anilines is 2. The molecule has 0 saturated carbocycles. The molecule has 0 unspecified atom stereocenters. The number of ether oxygens (including phenoxy) is 1. The summed E-state index contributed by atoms with van der Waals surface area (Å²) >= 11 is 1.31. The van der Waals surface area contributed by atoms with Crippen molar-refractivity contribution in [2.45, 2.75) is 58.3 Å². The zero-order valence-electron chi connectivity index (χ0n) is 22.8. The number of pyridine rings is 1. The number of hydrogen-bond donors (Lipinski definition) is 2. The number of thiazole rings is 1. The summed E-state index contributed by atoms with van der Waals surface area (Å²) in [5.74, 6) is 0.456. The normalized spacial score (nSPS) is 16.2. The fraction of sp³-hybridized carbons (Fsp3) is 0.393. The van der Waals surface area contributed by atoms with Crippen LogP contribution in [0.2, 0.25) is 0 Å². The van der Waals surface area contributed by atoms with Crippen LogP contribution in [0.15, 0.2) is 42.7 Å². The van der Waals surface area contributed by atoms with Gasteiger partial charge in [-0.3, -0.25) is 9.69 Å². The highest BCUT2D eigenvalue weighted by atomic mass is 32.1. The molecule has 0 bridgehead atoms. The molecule has 1 aromatic carbocycles. The van der Waals surface area contributed by atoms with Gasteiger partial charge >= 0.3 is 6.18 Å². The van der Waals surface area contributed by atoms with E-state index in [9.17, 15) is 18.0 Å². The molecule has 5 rings (SSSR count). The van der Waals surface area contributed by atoms with E-state index in [-0.39, 0.29) is 23.6 Å². The molecule has 0 aliphatic carbocycles. The molecule has 0 spiro atoms. The minimum atomic E-state index is -4.59. The Labute approximate surface area is 239 Å². The maximum Gasteiger partial charge on any atom is 0.433 e. The smallest absolute Gasteiger partial charge is 0.433 e. The zero-order valence-corrected chi connectivity index (χ0v) is 23.6. The molecule has 216 valence electrons. The first-order chi connectivity index (χ1) is 19.6. The van der Waals surface area contributed by atoms with Gasteiger partial charge in [-0.05, 0) is 57.5 Å². The van der Waals surface area contributed by atoms with Crippen LogP contribution < -0.4 is 15.4 Å². The van der Waals surface area contributed by atoms with Gasteiger partial charge in [0.05, 0.1) is 10.4 Å². The number of alkyl halides is 3. The molecule has 1 aliphatic heterocycles. The second kappa shape index (κ2) is 12.0. The van der Waals surface area contributed by atoms with Crippen molar-refractivity contribution in [2.75, 3.05) is 23.7 Å². The monoisotopic (exact) mass is 585 g/mol. The maximum atomic E-state index is 13.6. The van der Waals surface area contributed by atoms with E-state index in [1.165, 1.54) is 30.7 Å². The fourth-order valence-electron chi connectivity index (χ4n) is 4.96. The third-order valence-corrected chi connectivity index (χ3v) is 7.76. The second-order valence-electron chi connectivity index (χ2n) is 10.1. The summed E-state index contributed by atoms with van der Waals surface area (Å²) in [6.07, 6.45) is -0.168. The van der Waals surface area contributed by atoms with Crippen LogP contribution in [-0.4, -0.2) is 55.9 Å². The highest BCUT2D eigenvalue weighted by Crippen LogP contribution is 2.36. The molecule has 1 saturated heterocycles. The van der Waals surface area contributed by atoms with Crippen LogP contribution in [0.5, 0.6) is 11.6 Å². The first kappa shape index (κ1) is 28.7. The van der Waals surface area contributed by atoms with E-state index in [1.54, 1.807) is 18.2 Å². The van der Waals surface area contributed by atoms with E-state index in [2.05, 4.69) is 49.3 Å². The molecule has 41 heavy (non-hydrogen) atoms. The number of carbonyl (C=O) groups excluding carboxylic acids is 1. The summed E-state index contributed by atoms with van der Waals surface area (Å²) in [6, 6.07) is 9.75. The number of fused-ring (bicyclic) bond motifs is 1. The second-order valence-corrected chi connectivity index (χ2v) is 11.1. The molecule has 2 N–H and O–H groups in total. The van der Waals surface area contributed by atoms with Gasteiger partial charge < -0.3 is 15.4 Å². The van der Waals surface area contributed by atoms with Crippen LogP contribution in [0.3, 0.4) is 0 Å². The van der Waals surface area contributed by atoms with Crippen LogP contribution in [0.25, 0.3) is 21.5 Å². The van der Waals surface area contributed by atoms with Gasteiger partial charge in [0.1, 0.15) is 23.4 Å². The summed E-state index contributed by atoms with van der Waals surface area (Å²) in [7, 11) is 0. The molecule has 1 atom stereocenters. The molecule has 4 aromatic rings. The standard InChI is InChI=1S/C28H30F3N7O2S/c1-16(2)38-12-5-4-7-18(38)14-32-26-19(10-11-23(36-26)28(29,30)31)20-13-24(34-15-33-20)40-21-8-6-9-22-25(21)37-27(41-22)35-17(3)39/h6,8-11,13,15-16,18H,4-5,7,12,14H2,1-3H3,(H,32,36)(H,35,37,39)/t18-/m1/s1. The van der Waals surface area contributed by atoms with E-state index < -0.39 is 11.9 Å². The topological polar surface area (TPSA) is 105 Å². The Morgan fingerprint density at radius 1 is 1.17 bits per heavy atom. The van der Waals surface area contributed by atoms with Crippen molar-refractivity contribution in [3.8, 4) is 22.9 Å². The number of halogens is 3. The van der Waals surface area contributed by atoms with Crippen LogP contribution in [0.4, 0.5) is 24.1 Å². The highest BCUT2D eigenvalue weighted by molar-refractivity contribution is 7.22. The molecule has 1 amide bonds. The van der Waals surface area contributed by atoms with Crippen LogP contribution in [0.1, 0.15) is 45.7 Å². The number of rotatable bonds is 8. The zero-order chi connectivity index (χ0) is 29.1. The lowest BCUT2D eigenvalue weighted by Crippen LogP contribution is -2.47. The van der Waals surface area contributed by atoms with Gasteiger partial charge in [-0.15, -0.1) is 0 Å². The number of para-hydroxylation sites is 1. The number of aromatic nitrogens is 4. The van der Waals surface area contributed by atoms with Gasteiger partial charge in [-0.25, -0.2) is 19.9 Å². The summed E-state index contributed by atoms with van der Waals surface area (Å²) in [4.78, 5) is 30.8.